The monoisotopic (exact) mass is 535 g/mol. The number of carbonyl (C=O) groups is 3. The molecule has 0 fully saturated rings. The number of nitrogens with zero attached hydrogens (tertiary/aromatic N) is 5. The highest BCUT2D eigenvalue weighted by molar-refractivity contribution is 7.15. The molecule has 3 aromatic heterocycles. The number of aryl methyl sites for hydroxylation is 1. The van der Waals surface area contributed by atoms with Crippen LogP contribution in [0.1, 0.15) is 36.3 Å². The zero-order valence-electron chi connectivity index (χ0n) is 21.1. The first-order valence-corrected chi connectivity index (χ1v) is 12.4. The van der Waals surface area contributed by atoms with E-state index in [0.29, 0.717) is 0 Å². The van der Waals surface area contributed by atoms with Gasteiger partial charge in [0, 0.05) is 37.4 Å². The van der Waals surface area contributed by atoms with E-state index >= 15 is 0 Å². The molecule has 3 aromatic rings. The van der Waals surface area contributed by atoms with Crippen molar-refractivity contribution in [2.45, 2.75) is 44.9 Å². The van der Waals surface area contributed by atoms with Crippen molar-refractivity contribution in [3.05, 3.63) is 53.1 Å². The third kappa shape index (κ3) is 9.53. The summed E-state index contributed by atoms with van der Waals surface area (Å²) in [6, 6.07) is 6.12. The lowest BCUT2D eigenvalue weighted by molar-refractivity contribution is -0.170. The molecule has 0 unspecified atom stereocenters. The Morgan fingerprint density at radius 2 is 1.73 bits per heavy atom. The van der Waals surface area contributed by atoms with Crippen molar-refractivity contribution in [1.82, 2.24) is 24.2 Å². The largest absolute Gasteiger partial charge is 0.481 e. The summed E-state index contributed by atoms with van der Waals surface area (Å²) in [6.07, 6.45) is 2.84. The molecule has 4 N–H and O–H groups in total. The standard InChI is InChI=1S/C18H25N5S.C6H8O7/c1-15-17(23-11-12-24-18(23)20-15)14-22(10-6-9-21(2)3)13-16-7-4-5-8-19-16;7-3(8)1-6(13,5(11)12)2-4(9)10/h4-5,7-8,11-12H,6,9-10,13-14H2,1-3H3;13H,1-2H2,(H,7,8)(H,9,10)(H,11,12). The topological polar surface area (TPSA) is 169 Å². The molecule has 0 saturated heterocycles. The first-order chi connectivity index (χ1) is 17.4. The number of carboxylic acids is 3. The summed E-state index contributed by atoms with van der Waals surface area (Å²) < 4.78 is 2.22. The van der Waals surface area contributed by atoms with Crippen LogP contribution in [0, 0.1) is 6.92 Å². The third-order valence-electron chi connectivity index (χ3n) is 5.41. The molecule has 0 aliphatic carbocycles. The van der Waals surface area contributed by atoms with Gasteiger partial charge in [-0.05, 0) is 46.1 Å². The molecule has 0 amide bonds. The van der Waals surface area contributed by atoms with Gasteiger partial charge in [0.05, 0.1) is 29.9 Å². The maximum absolute atomic E-state index is 10.3. The Bertz CT molecular complexity index is 1160. The Morgan fingerprint density at radius 1 is 1.05 bits per heavy atom. The average molecular weight is 536 g/mol. The van der Waals surface area contributed by atoms with Crippen LogP contribution in [-0.4, -0.2) is 95.3 Å². The smallest absolute Gasteiger partial charge is 0.336 e. The number of hydrogen-bond acceptors (Lipinski definition) is 9. The molecular weight excluding hydrogens is 502 g/mol. The van der Waals surface area contributed by atoms with Crippen LogP contribution >= 0.6 is 11.3 Å². The van der Waals surface area contributed by atoms with Crippen molar-refractivity contribution in [2.24, 2.45) is 0 Å². The van der Waals surface area contributed by atoms with Gasteiger partial charge in [-0.2, -0.15) is 0 Å². The number of pyridine rings is 1. The predicted molar refractivity (Wildman–Crippen MR) is 136 cm³/mol. The van der Waals surface area contributed by atoms with E-state index in [4.69, 9.17) is 20.4 Å². The molecule has 0 spiro atoms. The summed E-state index contributed by atoms with van der Waals surface area (Å²) in [5.41, 5.74) is 0.788. The van der Waals surface area contributed by atoms with Crippen molar-refractivity contribution < 1.29 is 34.8 Å². The quantitative estimate of drug-likeness (QED) is 0.252. The molecule has 0 atom stereocenters. The molecule has 3 heterocycles. The lowest BCUT2D eigenvalue weighted by atomic mass is 9.96. The molecule has 0 radical (unpaired) electrons. The Hall–Kier alpha value is -3.39. The van der Waals surface area contributed by atoms with Gasteiger partial charge in [0.1, 0.15) is 0 Å². The average Bonchev–Trinajstić information content (AvgIpc) is 3.35. The van der Waals surface area contributed by atoms with Crippen LogP contribution in [-0.2, 0) is 27.5 Å². The van der Waals surface area contributed by atoms with Crippen molar-refractivity contribution in [3.63, 3.8) is 0 Å². The Kier molecular flexibility index (Phi) is 11.1. The third-order valence-corrected chi connectivity index (χ3v) is 6.17. The van der Waals surface area contributed by atoms with E-state index in [1.165, 1.54) is 5.69 Å². The van der Waals surface area contributed by atoms with Crippen LogP contribution in [0.5, 0.6) is 0 Å². The molecule has 0 aromatic carbocycles. The number of fused-ring (bicyclic) bond motifs is 1. The Morgan fingerprint density at radius 3 is 2.27 bits per heavy atom. The van der Waals surface area contributed by atoms with Gasteiger partial charge in [0.2, 0.25) is 0 Å². The molecule has 37 heavy (non-hydrogen) atoms. The zero-order chi connectivity index (χ0) is 27.6. The van der Waals surface area contributed by atoms with Gasteiger partial charge in [0.25, 0.3) is 0 Å². The number of rotatable bonds is 13. The second-order valence-electron chi connectivity index (χ2n) is 8.87. The molecule has 13 heteroatoms. The first kappa shape index (κ1) is 29.8. The highest BCUT2D eigenvalue weighted by atomic mass is 32.1. The predicted octanol–water partition coefficient (Wildman–Crippen LogP) is 1.80. The van der Waals surface area contributed by atoms with Gasteiger partial charge in [0.15, 0.2) is 10.6 Å². The molecule has 0 bridgehead atoms. The molecule has 202 valence electrons. The highest BCUT2D eigenvalue weighted by Crippen LogP contribution is 2.19. The number of carboxylic acid groups (broad SMARTS) is 3. The lowest BCUT2D eigenvalue weighted by Gasteiger charge is -2.23. The fourth-order valence-electron chi connectivity index (χ4n) is 3.60. The van der Waals surface area contributed by atoms with Crippen LogP contribution < -0.4 is 0 Å². The zero-order valence-corrected chi connectivity index (χ0v) is 21.9. The summed E-state index contributed by atoms with van der Waals surface area (Å²) in [5.74, 6) is -5.02. The van der Waals surface area contributed by atoms with E-state index in [0.717, 1.165) is 48.9 Å². The second-order valence-corrected chi connectivity index (χ2v) is 9.74. The van der Waals surface area contributed by atoms with E-state index in [1.807, 2.05) is 12.3 Å². The minimum atomic E-state index is -2.74. The second kappa shape index (κ2) is 13.8. The summed E-state index contributed by atoms with van der Waals surface area (Å²) in [4.78, 5) is 45.4. The van der Waals surface area contributed by atoms with Crippen molar-refractivity contribution in [1.29, 1.82) is 0 Å². The van der Waals surface area contributed by atoms with Crippen LogP contribution in [0.15, 0.2) is 36.0 Å². The van der Waals surface area contributed by atoms with Crippen LogP contribution in [0.25, 0.3) is 4.96 Å². The SMILES string of the molecule is Cc1nc2sccn2c1CN(CCCN(C)C)Cc1ccccn1.O=C(O)CC(O)(CC(=O)O)C(=O)O. The molecule has 0 saturated carbocycles. The fraction of sp³-hybridized carbons (Fsp3) is 0.458. The fourth-order valence-corrected chi connectivity index (χ4v) is 4.38. The number of aromatic nitrogens is 3. The summed E-state index contributed by atoms with van der Waals surface area (Å²) in [6.45, 7) is 6.01. The maximum atomic E-state index is 10.3. The Balaban J connectivity index is 0.000000317. The van der Waals surface area contributed by atoms with Gasteiger partial charge >= 0.3 is 17.9 Å². The first-order valence-electron chi connectivity index (χ1n) is 11.5. The van der Waals surface area contributed by atoms with Crippen molar-refractivity contribution in [3.8, 4) is 0 Å². The number of aliphatic carboxylic acids is 3. The van der Waals surface area contributed by atoms with Gasteiger partial charge in [-0.3, -0.25) is 23.9 Å². The van der Waals surface area contributed by atoms with Gasteiger partial charge in [-0.25, -0.2) is 9.78 Å². The highest BCUT2D eigenvalue weighted by Gasteiger charge is 2.40. The van der Waals surface area contributed by atoms with Gasteiger partial charge in [-0.1, -0.05) is 6.07 Å². The molecule has 0 aliphatic heterocycles. The Labute approximate surface area is 218 Å². The minimum absolute atomic E-state index is 0.866. The molecular formula is C24H33N5O7S. The maximum Gasteiger partial charge on any atom is 0.336 e. The number of hydrogen-bond donors (Lipinski definition) is 4. The van der Waals surface area contributed by atoms with E-state index in [1.54, 1.807) is 11.3 Å². The number of thiazole rings is 1. The van der Waals surface area contributed by atoms with Crippen molar-refractivity contribution >= 4 is 34.2 Å². The minimum Gasteiger partial charge on any atom is -0.481 e. The molecule has 3 rings (SSSR count). The van der Waals surface area contributed by atoms with E-state index in [2.05, 4.69) is 68.9 Å². The van der Waals surface area contributed by atoms with E-state index in [9.17, 15) is 14.4 Å². The summed E-state index contributed by atoms with van der Waals surface area (Å²) >= 11 is 1.69. The lowest BCUT2D eigenvalue weighted by Crippen LogP contribution is -2.42. The van der Waals surface area contributed by atoms with Gasteiger partial charge < -0.3 is 25.3 Å². The normalized spacial score (nSPS) is 11.5. The van der Waals surface area contributed by atoms with Crippen LogP contribution in [0.4, 0.5) is 0 Å². The summed E-state index contributed by atoms with van der Waals surface area (Å²) in [5, 5.41) is 35.9. The summed E-state index contributed by atoms with van der Waals surface area (Å²) in [7, 11) is 4.25. The van der Waals surface area contributed by atoms with Crippen molar-refractivity contribution in [2.75, 3.05) is 27.2 Å². The van der Waals surface area contributed by atoms with E-state index < -0.39 is 36.4 Å². The van der Waals surface area contributed by atoms with E-state index in [-0.39, 0.29) is 0 Å². The van der Waals surface area contributed by atoms with Crippen LogP contribution in [0.2, 0.25) is 0 Å². The number of aliphatic hydroxyl groups is 1. The number of imidazole rings is 1. The molecule has 0 aliphatic rings. The van der Waals surface area contributed by atoms with Crippen LogP contribution in [0.3, 0.4) is 0 Å². The molecule has 12 nitrogen and oxygen atoms in total. The van der Waals surface area contributed by atoms with Gasteiger partial charge in [-0.15, -0.1) is 11.3 Å².